The van der Waals surface area contributed by atoms with E-state index in [1.165, 1.54) is 4.90 Å². The maximum absolute atomic E-state index is 12.7. The minimum Gasteiger partial charge on any atom is -0.323 e. The van der Waals surface area contributed by atoms with Crippen molar-refractivity contribution in [2.24, 2.45) is 0 Å². The van der Waals surface area contributed by atoms with Crippen LogP contribution >= 0.6 is 0 Å². The Morgan fingerprint density at radius 1 is 1.21 bits per heavy atom. The average Bonchev–Trinajstić information content (AvgIpc) is 2.65. The van der Waals surface area contributed by atoms with Crippen molar-refractivity contribution in [3.05, 3.63) is 33.9 Å². The van der Waals surface area contributed by atoms with E-state index in [1.54, 1.807) is 13.8 Å². The fourth-order valence-corrected chi connectivity index (χ4v) is 3.73. The first-order chi connectivity index (χ1) is 11.1. The summed E-state index contributed by atoms with van der Waals surface area (Å²) in [6, 6.07) is 1.59. The number of nitrogens with one attached hydrogen (secondary N) is 1. The summed E-state index contributed by atoms with van der Waals surface area (Å²) >= 11 is 0. The van der Waals surface area contributed by atoms with Crippen LogP contribution in [0.25, 0.3) is 0 Å². The Morgan fingerprint density at radius 2 is 1.83 bits per heavy atom. The Balaban J connectivity index is 2.42. The lowest BCUT2D eigenvalue weighted by atomic mass is 9.91. The molecule has 0 bridgehead atoms. The van der Waals surface area contributed by atoms with E-state index in [0.717, 1.165) is 28.7 Å². The van der Waals surface area contributed by atoms with Crippen molar-refractivity contribution < 1.29 is 14.4 Å². The molecule has 1 unspecified atom stereocenters. The van der Waals surface area contributed by atoms with Crippen LogP contribution in [0.4, 0.5) is 4.79 Å². The zero-order valence-corrected chi connectivity index (χ0v) is 15.4. The number of carbonyl (C=O) groups excluding carboxylic acids is 3. The third kappa shape index (κ3) is 2.95. The molecule has 1 fully saturated rings. The average molecular weight is 330 g/mol. The van der Waals surface area contributed by atoms with Crippen molar-refractivity contribution in [3.63, 3.8) is 0 Å². The first kappa shape index (κ1) is 18.2. The van der Waals surface area contributed by atoms with Gasteiger partial charge in [-0.25, -0.2) is 4.79 Å². The summed E-state index contributed by atoms with van der Waals surface area (Å²) in [5.41, 5.74) is 3.48. The van der Waals surface area contributed by atoms with Gasteiger partial charge in [-0.1, -0.05) is 19.4 Å². The Morgan fingerprint density at radius 3 is 2.38 bits per heavy atom. The number of Topliss-reactive ketones (excluding diaryl/α,β-unsaturated/α-hetero) is 1. The normalized spacial score (nSPS) is 20.5. The number of carbonyl (C=O) groups is 3. The molecule has 1 aromatic rings. The fourth-order valence-electron chi connectivity index (χ4n) is 3.73. The molecule has 0 radical (unpaired) electrons. The van der Waals surface area contributed by atoms with Gasteiger partial charge in [0.15, 0.2) is 5.78 Å². The van der Waals surface area contributed by atoms with Crippen LogP contribution < -0.4 is 5.32 Å². The highest BCUT2D eigenvalue weighted by molar-refractivity contribution is 6.06. The molecule has 0 aliphatic carbocycles. The quantitative estimate of drug-likeness (QED) is 0.664. The van der Waals surface area contributed by atoms with E-state index < -0.39 is 5.54 Å². The van der Waals surface area contributed by atoms with Crippen molar-refractivity contribution >= 4 is 17.7 Å². The lowest BCUT2D eigenvalue weighted by Gasteiger charge is -2.22. The topological polar surface area (TPSA) is 66.5 Å². The lowest BCUT2D eigenvalue weighted by Crippen LogP contribution is -2.43. The van der Waals surface area contributed by atoms with Crippen molar-refractivity contribution in [1.29, 1.82) is 0 Å². The highest BCUT2D eigenvalue weighted by Crippen LogP contribution is 2.28. The first-order valence-electron chi connectivity index (χ1n) is 8.37. The minimum atomic E-state index is -0.832. The number of hydrogen-bond donors (Lipinski definition) is 1. The van der Waals surface area contributed by atoms with Gasteiger partial charge in [0.25, 0.3) is 5.91 Å². The molecule has 2 rings (SSSR count). The zero-order chi connectivity index (χ0) is 18.2. The van der Waals surface area contributed by atoms with Crippen molar-refractivity contribution in [2.75, 3.05) is 0 Å². The molecule has 3 amide bonds. The highest BCUT2D eigenvalue weighted by atomic mass is 16.2. The molecule has 24 heavy (non-hydrogen) atoms. The van der Waals surface area contributed by atoms with Gasteiger partial charge in [-0.15, -0.1) is 0 Å². The lowest BCUT2D eigenvalue weighted by molar-refractivity contribution is -0.131. The number of imide groups is 1. The van der Waals surface area contributed by atoms with Gasteiger partial charge < -0.3 is 5.32 Å². The maximum atomic E-state index is 12.7. The standard InChI is InChI=1S/C19H26N2O3/c1-7-8-19(6)17(23)21(18(24)20-19)10-15-11(2)9-12(3)16(13(15)4)14(5)22/h9H,7-8,10H2,1-6H3,(H,20,24). The van der Waals surface area contributed by atoms with Crippen molar-refractivity contribution in [2.45, 2.75) is 66.5 Å². The van der Waals surface area contributed by atoms with Gasteiger partial charge in [0.2, 0.25) is 0 Å². The van der Waals surface area contributed by atoms with Crippen LogP contribution in [0, 0.1) is 20.8 Å². The summed E-state index contributed by atoms with van der Waals surface area (Å²) in [7, 11) is 0. The molecular weight excluding hydrogens is 304 g/mol. The van der Waals surface area contributed by atoms with Crippen molar-refractivity contribution in [1.82, 2.24) is 10.2 Å². The number of aryl methyl sites for hydroxylation is 2. The summed E-state index contributed by atoms with van der Waals surface area (Å²) in [6.07, 6.45) is 1.42. The molecule has 1 N–H and O–H groups in total. The largest absolute Gasteiger partial charge is 0.325 e. The number of hydrogen-bond acceptors (Lipinski definition) is 3. The third-order valence-electron chi connectivity index (χ3n) is 4.89. The van der Waals surface area contributed by atoms with Crippen LogP contribution in [0.3, 0.4) is 0 Å². The van der Waals surface area contributed by atoms with Crippen LogP contribution in [0.1, 0.15) is 66.2 Å². The smallest absolute Gasteiger partial charge is 0.323 e. The summed E-state index contributed by atoms with van der Waals surface area (Å²) < 4.78 is 0. The molecule has 1 aliphatic heterocycles. The zero-order valence-electron chi connectivity index (χ0n) is 15.4. The second kappa shape index (κ2) is 6.38. The van der Waals surface area contributed by atoms with Gasteiger partial charge in [-0.2, -0.15) is 0 Å². The number of urea groups is 1. The van der Waals surface area contributed by atoms with Gasteiger partial charge in [-0.05, 0) is 63.3 Å². The SMILES string of the molecule is CCCC1(C)NC(=O)N(Cc2c(C)cc(C)c(C(C)=O)c2C)C1=O. The van der Waals surface area contributed by atoms with E-state index >= 15 is 0 Å². The third-order valence-corrected chi connectivity index (χ3v) is 4.89. The molecule has 0 saturated carbocycles. The molecule has 5 heteroatoms. The Labute approximate surface area is 143 Å². The van der Waals surface area contributed by atoms with E-state index in [4.69, 9.17) is 0 Å². The van der Waals surface area contributed by atoms with Crippen LogP contribution in [0.15, 0.2) is 6.07 Å². The maximum Gasteiger partial charge on any atom is 0.325 e. The molecular formula is C19H26N2O3. The van der Waals surface area contributed by atoms with Gasteiger partial charge in [-0.3, -0.25) is 14.5 Å². The predicted octanol–water partition coefficient (Wildman–Crippen LogP) is 3.43. The molecule has 1 atom stereocenters. The van der Waals surface area contributed by atoms with Crippen molar-refractivity contribution in [3.8, 4) is 0 Å². The summed E-state index contributed by atoms with van der Waals surface area (Å²) in [6.45, 7) is 11.2. The Bertz CT molecular complexity index is 724. The molecule has 1 aromatic carbocycles. The summed E-state index contributed by atoms with van der Waals surface area (Å²) in [4.78, 5) is 38.2. The fraction of sp³-hybridized carbons (Fsp3) is 0.526. The first-order valence-corrected chi connectivity index (χ1v) is 8.37. The predicted molar refractivity (Wildman–Crippen MR) is 93.1 cm³/mol. The molecule has 1 saturated heterocycles. The summed E-state index contributed by atoms with van der Waals surface area (Å²) in [5.74, 6) is -0.197. The molecule has 1 heterocycles. The molecule has 0 aromatic heterocycles. The van der Waals surface area contributed by atoms with E-state index in [1.807, 2.05) is 33.8 Å². The number of nitrogens with zero attached hydrogens (tertiary/aromatic N) is 1. The Kier molecular flexibility index (Phi) is 4.83. The second-order valence-electron chi connectivity index (χ2n) is 6.95. The number of rotatable bonds is 5. The van der Waals surface area contributed by atoms with E-state index in [0.29, 0.717) is 12.0 Å². The summed E-state index contributed by atoms with van der Waals surface area (Å²) in [5, 5.41) is 2.81. The van der Waals surface area contributed by atoms with E-state index in [2.05, 4.69) is 5.32 Å². The monoisotopic (exact) mass is 330 g/mol. The van der Waals surface area contributed by atoms with Crippen LogP contribution in [-0.4, -0.2) is 28.2 Å². The minimum absolute atomic E-state index is 0.000675. The van der Waals surface area contributed by atoms with Crippen LogP contribution in [0.2, 0.25) is 0 Å². The molecule has 5 nitrogen and oxygen atoms in total. The van der Waals surface area contributed by atoms with Gasteiger partial charge in [0, 0.05) is 5.56 Å². The van der Waals surface area contributed by atoms with E-state index in [9.17, 15) is 14.4 Å². The highest BCUT2D eigenvalue weighted by Gasteiger charge is 2.47. The Hall–Kier alpha value is -2.17. The molecule has 0 spiro atoms. The van der Waals surface area contributed by atoms with Crippen LogP contribution in [0.5, 0.6) is 0 Å². The number of benzene rings is 1. The van der Waals surface area contributed by atoms with Gasteiger partial charge in [0.05, 0.1) is 6.54 Å². The van der Waals surface area contributed by atoms with E-state index in [-0.39, 0.29) is 24.3 Å². The van der Waals surface area contributed by atoms with Gasteiger partial charge >= 0.3 is 6.03 Å². The number of ketones is 1. The van der Waals surface area contributed by atoms with Crippen LogP contribution in [-0.2, 0) is 11.3 Å². The molecule has 130 valence electrons. The number of amides is 3. The second-order valence-corrected chi connectivity index (χ2v) is 6.95. The van der Waals surface area contributed by atoms with Gasteiger partial charge in [0.1, 0.15) is 5.54 Å². The molecule has 1 aliphatic rings.